The van der Waals surface area contributed by atoms with Crippen LogP contribution >= 0.6 is 0 Å². The fourth-order valence-electron chi connectivity index (χ4n) is 1.98. The number of nitrogens with one attached hydrogen (secondary N) is 1. The molecule has 0 saturated carbocycles. The van der Waals surface area contributed by atoms with E-state index in [0.717, 1.165) is 5.56 Å². The minimum absolute atomic E-state index is 0.198. The van der Waals surface area contributed by atoms with E-state index in [-0.39, 0.29) is 18.4 Å². The first-order valence-electron chi connectivity index (χ1n) is 7.70. The molecule has 1 amide bonds. The van der Waals surface area contributed by atoms with Gasteiger partial charge in [0.05, 0.1) is 6.04 Å². The number of carbonyl (C=O) groups excluding carboxylic acids is 2. The lowest BCUT2D eigenvalue weighted by atomic mass is 10.0. The Bertz CT molecular complexity index is 474. The molecular weight excluding hydrogens is 280 g/mol. The average molecular weight is 306 g/mol. The Labute approximate surface area is 132 Å². The van der Waals surface area contributed by atoms with Crippen molar-refractivity contribution in [2.45, 2.75) is 52.3 Å². The van der Waals surface area contributed by atoms with Crippen LogP contribution in [0.5, 0.6) is 0 Å². The summed E-state index contributed by atoms with van der Waals surface area (Å²) in [4.78, 5) is 24.1. The second-order valence-corrected chi connectivity index (χ2v) is 5.80. The van der Waals surface area contributed by atoms with Gasteiger partial charge in [0.15, 0.2) is 0 Å². The number of esters is 1. The largest absolute Gasteiger partial charge is 0.459 e. The van der Waals surface area contributed by atoms with Gasteiger partial charge in [-0.2, -0.15) is 0 Å². The Morgan fingerprint density at radius 2 is 1.86 bits per heavy atom. The molecule has 0 aliphatic carbocycles. The number of hydrogen-bond acceptors (Lipinski definition) is 4. The van der Waals surface area contributed by atoms with Crippen molar-refractivity contribution in [3.8, 4) is 0 Å². The zero-order chi connectivity index (χ0) is 16.5. The van der Waals surface area contributed by atoms with Crippen LogP contribution in [0.15, 0.2) is 30.3 Å². The van der Waals surface area contributed by atoms with E-state index in [1.807, 2.05) is 51.1 Å². The lowest BCUT2D eigenvalue weighted by molar-refractivity contribution is -0.149. The highest BCUT2D eigenvalue weighted by Gasteiger charge is 2.25. The first-order chi connectivity index (χ1) is 10.4. The maximum atomic E-state index is 12.2. The van der Waals surface area contributed by atoms with Crippen molar-refractivity contribution in [2.24, 2.45) is 11.7 Å². The van der Waals surface area contributed by atoms with Crippen LogP contribution in [0.3, 0.4) is 0 Å². The molecule has 1 aromatic rings. The van der Waals surface area contributed by atoms with Gasteiger partial charge in [-0.1, -0.05) is 51.1 Å². The highest BCUT2D eigenvalue weighted by Crippen LogP contribution is 2.09. The molecule has 0 aliphatic heterocycles. The van der Waals surface area contributed by atoms with Crippen LogP contribution in [0.4, 0.5) is 0 Å². The Kier molecular flexibility index (Phi) is 7.60. The molecule has 0 spiro atoms. The molecule has 5 nitrogen and oxygen atoms in total. The summed E-state index contributed by atoms with van der Waals surface area (Å²) in [5, 5.41) is 2.70. The summed E-state index contributed by atoms with van der Waals surface area (Å²) >= 11 is 0. The smallest absolute Gasteiger partial charge is 0.328 e. The van der Waals surface area contributed by atoms with E-state index < -0.39 is 18.1 Å². The third kappa shape index (κ3) is 6.26. The van der Waals surface area contributed by atoms with Crippen molar-refractivity contribution in [2.75, 3.05) is 0 Å². The zero-order valence-electron chi connectivity index (χ0n) is 13.5. The molecular formula is C17H26N2O3. The highest BCUT2D eigenvalue weighted by molar-refractivity contribution is 5.87. The molecule has 122 valence electrons. The maximum Gasteiger partial charge on any atom is 0.328 e. The number of hydrogen-bond donors (Lipinski definition) is 2. The van der Waals surface area contributed by atoms with Gasteiger partial charge in [0.1, 0.15) is 12.6 Å². The van der Waals surface area contributed by atoms with Gasteiger partial charge in [0.2, 0.25) is 5.91 Å². The molecule has 0 radical (unpaired) electrons. The van der Waals surface area contributed by atoms with Crippen LogP contribution in [0.2, 0.25) is 0 Å². The number of benzene rings is 1. The van der Waals surface area contributed by atoms with Gasteiger partial charge in [0.25, 0.3) is 0 Å². The Morgan fingerprint density at radius 1 is 1.23 bits per heavy atom. The standard InChI is InChI=1S/C17H26N2O3/c1-4-14(18)16(20)19-15(10-12(2)3)17(21)22-11-13-8-6-5-7-9-13/h5-9,12,14-15H,4,10-11,18H2,1-3H3,(H,19,20)/t14-,15?/m0/s1. The summed E-state index contributed by atoms with van der Waals surface area (Å²) in [6.07, 6.45) is 1.05. The van der Waals surface area contributed by atoms with Crippen LogP contribution in [-0.2, 0) is 20.9 Å². The number of rotatable bonds is 8. The fraction of sp³-hybridized carbons (Fsp3) is 0.529. The highest BCUT2D eigenvalue weighted by atomic mass is 16.5. The predicted molar refractivity (Wildman–Crippen MR) is 85.9 cm³/mol. The summed E-state index contributed by atoms with van der Waals surface area (Å²) < 4.78 is 5.31. The van der Waals surface area contributed by atoms with Crippen molar-refractivity contribution in [1.82, 2.24) is 5.32 Å². The van der Waals surface area contributed by atoms with Crippen LogP contribution in [-0.4, -0.2) is 24.0 Å². The molecule has 0 saturated heterocycles. The number of carbonyl (C=O) groups is 2. The van der Waals surface area contributed by atoms with Gasteiger partial charge in [-0.15, -0.1) is 0 Å². The van der Waals surface area contributed by atoms with Crippen molar-refractivity contribution in [1.29, 1.82) is 0 Å². The Hall–Kier alpha value is -1.88. The van der Waals surface area contributed by atoms with Crippen LogP contribution in [0, 0.1) is 5.92 Å². The number of ether oxygens (including phenoxy) is 1. The molecule has 1 unspecified atom stereocenters. The molecule has 3 N–H and O–H groups in total. The summed E-state index contributed by atoms with van der Waals surface area (Å²) in [5.41, 5.74) is 6.61. The van der Waals surface area contributed by atoms with Crippen molar-refractivity contribution < 1.29 is 14.3 Å². The molecule has 0 bridgehead atoms. The zero-order valence-corrected chi connectivity index (χ0v) is 13.5. The minimum Gasteiger partial charge on any atom is -0.459 e. The van der Waals surface area contributed by atoms with E-state index in [1.165, 1.54) is 0 Å². The lowest BCUT2D eigenvalue weighted by Crippen LogP contribution is -2.49. The van der Waals surface area contributed by atoms with E-state index in [2.05, 4.69) is 5.32 Å². The quantitative estimate of drug-likeness (QED) is 0.720. The fourth-order valence-corrected chi connectivity index (χ4v) is 1.98. The molecule has 0 heterocycles. The summed E-state index contributed by atoms with van der Waals surface area (Å²) in [7, 11) is 0. The summed E-state index contributed by atoms with van der Waals surface area (Å²) in [6, 6.07) is 8.19. The Balaban J connectivity index is 2.61. The topological polar surface area (TPSA) is 81.4 Å². The third-order valence-electron chi connectivity index (χ3n) is 3.31. The average Bonchev–Trinajstić information content (AvgIpc) is 2.51. The first-order valence-corrected chi connectivity index (χ1v) is 7.70. The molecule has 5 heteroatoms. The second-order valence-electron chi connectivity index (χ2n) is 5.80. The van der Waals surface area contributed by atoms with Crippen molar-refractivity contribution >= 4 is 11.9 Å². The molecule has 0 aliphatic rings. The first kappa shape index (κ1) is 18.2. The number of amides is 1. The minimum atomic E-state index is -0.659. The van der Waals surface area contributed by atoms with Gasteiger partial charge in [-0.3, -0.25) is 4.79 Å². The molecule has 0 fully saturated rings. The van der Waals surface area contributed by atoms with E-state index in [0.29, 0.717) is 12.8 Å². The third-order valence-corrected chi connectivity index (χ3v) is 3.31. The van der Waals surface area contributed by atoms with Gasteiger partial charge in [0, 0.05) is 0 Å². The molecule has 2 atom stereocenters. The summed E-state index contributed by atoms with van der Waals surface area (Å²) in [5.74, 6) is -0.480. The maximum absolute atomic E-state index is 12.2. The number of nitrogens with two attached hydrogens (primary N) is 1. The van der Waals surface area contributed by atoms with Gasteiger partial charge in [-0.05, 0) is 24.3 Å². The van der Waals surface area contributed by atoms with E-state index in [9.17, 15) is 9.59 Å². The normalized spacial score (nSPS) is 13.5. The van der Waals surface area contributed by atoms with Gasteiger partial charge >= 0.3 is 5.97 Å². The van der Waals surface area contributed by atoms with E-state index in [4.69, 9.17) is 10.5 Å². The van der Waals surface area contributed by atoms with Crippen molar-refractivity contribution in [3.05, 3.63) is 35.9 Å². The van der Waals surface area contributed by atoms with E-state index >= 15 is 0 Å². The van der Waals surface area contributed by atoms with E-state index in [1.54, 1.807) is 0 Å². The van der Waals surface area contributed by atoms with Crippen LogP contribution < -0.4 is 11.1 Å². The van der Waals surface area contributed by atoms with Crippen molar-refractivity contribution in [3.63, 3.8) is 0 Å². The van der Waals surface area contributed by atoms with Crippen LogP contribution in [0.1, 0.15) is 39.2 Å². The molecule has 22 heavy (non-hydrogen) atoms. The summed E-state index contributed by atoms with van der Waals surface area (Å²) in [6.45, 7) is 6.01. The SMILES string of the molecule is CC[C@H](N)C(=O)NC(CC(C)C)C(=O)OCc1ccccc1. The molecule has 0 aromatic heterocycles. The van der Waals surface area contributed by atoms with Gasteiger partial charge < -0.3 is 15.8 Å². The monoisotopic (exact) mass is 306 g/mol. The van der Waals surface area contributed by atoms with Crippen LogP contribution in [0.25, 0.3) is 0 Å². The van der Waals surface area contributed by atoms with Gasteiger partial charge in [-0.25, -0.2) is 4.79 Å². The lowest BCUT2D eigenvalue weighted by Gasteiger charge is -2.21. The second kappa shape index (κ2) is 9.20. The Morgan fingerprint density at radius 3 is 2.41 bits per heavy atom. The molecule has 1 aromatic carbocycles. The molecule has 1 rings (SSSR count). The predicted octanol–water partition coefficient (Wildman–Crippen LogP) is 2.00.